The van der Waals surface area contributed by atoms with Gasteiger partial charge in [-0.25, -0.2) is 9.97 Å². The summed E-state index contributed by atoms with van der Waals surface area (Å²) >= 11 is 5.75. The number of rotatable bonds is 3. The van der Waals surface area contributed by atoms with E-state index in [9.17, 15) is 0 Å². The summed E-state index contributed by atoms with van der Waals surface area (Å²) in [7, 11) is 0. The molecule has 1 aromatic rings. The topological polar surface area (TPSA) is 38.2 Å². The molecule has 2 rings (SSSR count). The van der Waals surface area contributed by atoms with E-state index in [4.69, 9.17) is 16.3 Å². The Balaban J connectivity index is 2.10. The second-order valence-electron chi connectivity index (χ2n) is 3.79. The number of morpholine rings is 1. The van der Waals surface area contributed by atoms with E-state index in [0.29, 0.717) is 5.88 Å². The maximum atomic E-state index is 5.75. The molecule has 4 nitrogen and oxygen atoms in total. The van der Waals surface area contributed by atoms with E-state index >= 15 is 0 Å². The highest BCUT2D eigenvalue weighted by atomic mass is 35.5. The number of likely N-dealkylation sites (N-methyl/N-ethyl adjacent to an activating group) is 1. The number of ether oxygens (including phenoxy) is 1. The van der Waals surface area contributed by atoms with E-state index in [0.717, 1.165) is 37.8 Å². The van der Waals surface area contributed by atoms with Crippen LogP contribution < -0.4 is 0 Å². The van der Waals surface area contributed by atoms with Crippen LogP contribution in [0.5, 0.6) is 0 Å². The maximum absolute atomic E-state index is 5.75. The number of aromatic nitrogens is 2. The van der Waals surface area contributed by atoms with E-state index < -0.39 is 0 Å². The number of alkyl halides is 1. The van der Waals surface area contributed by atoms with Gasteiger partial charge in [0.05, 0.1) is 18.2 Å². The fourth-order valence-electron chi connectivity index (χ4n) is 1.79. The van der Waals surface area contributed by atoms with Crippen molar-refractivity contribution in [3.05, 3.63) is 23.8 Å². The summed E-state index contributed by atoms with van der Waals surface area (Å²) in [6, 6.07) is 1.83. The zero-order chi connectivity index (χ0) is 11.4. The molecule has 0 amide bonds. The monoisotopic (exact) mass is 241 g/mol. The maximum Gasteiger partial charge on any atom is 0.158 e. The molecule has 0 radical (unpaired) electrons. The van der Waals surface area contributed by atoms with Crippen molar-refractivity contribution in [1.82, 2.24) is 14.9 Å². The normalized spacial score (nSPS) is 22.2. The lowest BCUT2D eigenvalue weighted by molar-refractivity contribution is -0.0326. The highest BCUT2D eigenvalue weighted by molar-refractivity contribution is 6.16. The molecule has 2 heterocycles. The average molecular weight is 242 g/mol. The van der Waals surface area contributed by atoms with Crippen LogP contribution in [0.15, 0.2) is 12.3 Å². The Morgan fingerprint density at radius 2 is 2.50 bits per heavy atom. The Kier molecular flexibility index (Phi) is 4.09. The molecule has 0 spiro atoms. The molecule has 1 aliphatic rings. The van der Waals surface area contributed by atoms with Crippen molar-refractivity contribution < 1.29 is 4.74 Å². The second kappa shape index (κ2) is 5.57. The Morgan fingerprint density at radius 1 is 1.62 bits per heavy atom. The van der Waals surface area contributed by atoms with Gasteiger partial charge in [-0.15, -0.1) is 11.6 Å². The highest BCUT2D eigenvalue weighted by Gasteiger charge is 2.23. The molecule has 0 aromatic carbocycles. The largest absolute Gasteiger partial charge is 0.368 e. The minimum Gasteiger partial charge on any atom is -0.368 e. The van der Waals surface area contributed by atoms with Crippen LogP contribution in [0.2, 0.25) is 0 Å². The molecular weight excluding hydrogens is 226 g/mol. The van der Waals surface area contributed by atoms with Crippen LogP contribution in [0.3, 0.4) is 0 Å². The second-order valence-corrected chi connectivity index (χ2v) is 4.06. The summed E-state index contributed by atoms with van der Waals surface area (Å²) < 4.78 is 5.69. The Bertz CT molecular complexity index is 348. The van der Waals surface area contributed by atoms with Crippen LogP contribution in [-0.4, -0.2) is 41.1 Å². The van der Waals surface area contributed by atoms with Gasteiger partial charge in [0.2, 0.25) is 0 Å². The van der Waals surface area contributed by atoms with Crippen molar-refractivity contribution in [3.63, 3.8) is 0 Å². The zero-order valence-electron chi connectivity index (χ0n) is 9.40. The van der Waals surface area contributed by atoms with Gasteiger partial charge in [-0.1, -0.05) is 6.92 Å². The van der Waals surface area contributed by atoms with Crippen molar-refractivity contribution in [2.45, 2.75) is 18.9 Å². The van der Waals surface area contributed by atoms with Gasteiger partial charge in [0, 0.05) is 19.3 Å². The van der Waals surface area contributed by atoms with E-state index in [1.807, 2.05) is 6.07 Å². The predicted octanol–water partition coefficient (Wildman–Crippen LogP) is 1.61. The summed E-state index contributed by atoms with van der Waals surface area (Å²) in [6.07, 6.45) is 1.73. The predicted molar refractivity (Wildman–Crippen MR) is 62.4 cm³/mol. The molecule has 0 bridgehead atoms. The Hall–Kier alpha value is -0.710. The summed E-state index contributed by atoms with van der Waals surface area (Å²) in [6.45, 7) is 5.78. The fourth-order valence-corrected chi connectivity index (χ4v) is 1.94. The molecule has 16 heavy (non-hydrogen) atoms. The summed E-state index contributed by atoms with van der Waals surface area (Å²) in [5.74, 6) is 1.16. The van der Waals surface area contributed by atoms with Crippen molar-refractivity contribution in [3.8, 4) is 0 Å². The van der Waals surface area contributed by atoms with Gasteiger partial charge >= 0.3 is 0 Å². The quantitative estimate of drug-likeness (QED) is 0.754. The minimum atomic E-state index is -0.0168. The van der Waals surface area contributed by atoms with Crippen LogP contribution in [0.4, 0.5) is 0 Å². The molecule has 5 heteroatoms. The Labute approximate surface area is 101 Å². The third-order valence-corrected chi connectivity index (χ3v) is 3.03. The Morgan fingerprint density at radius 3 is 3.25 bits per heavy atom. The molecular formula is C11H16ClN3O. The first-order chi connectivity index (χ1) is 7.83. The fraction of sp³-hybridized carbons (Fsp3) is 0.636. The van der Waals surface area contributed by atoms with Crippen LogP contribution >= 0.6 is 11.6 Å². The average Bonchev–Trinajstić information content (AvgIpc) is 2.39. The van der Waals surface area contributed by atoms with Crippen LogP contribution in [0, 0.1) is 0 Å². The third kappa shape index (κ3) is 2.70. The van der Waals surface area contributed by atoms with Crippen molar-refractivity contribution in [2.75, 3.05) is 26.2 Å². The SMILES string of the molecule is CCN1CCOC(c2nccc(CCl)n2)C1. The van der Waals surface area contributed by atoms with Crippen molar-refractivity contribution >= 4 is 11.6 Å². The summed E-state index contributed by atoms with van der Waals surface area (Å²) in [5, 5.41) is 0. The van der Waals surface area contributed by atoms with E-state index in [2.05, 4.69) is 21.8 Å². The number of halogens is 1. The number of hydrogen-bond acceptors (Lipinski definition) is 4. The third-order valence-electron chi connectivity index (χ3n) is 2.75. The molecule has 0 N–H and O–H groups in total. The molecule has 1 fully saturated rings. The highest BCUT2D eigenvalue weighted by Crippen LogP contribution is 2.18. The van der Waals surface area contributed by atoms with Crippen LogP contribution in [0.25, 0.3) is 0 Å². The molecule has 88 valence electrons. The van der Waals surface area contributed by atoms with Crippen LogP contribution in [0.1, 0.15) is 24.5 Å². The van der Waals surface area contributed by atoms with Gasteiger partial charge in [0.1, 0.15) is 6.10 Å². The first-order valence-corrected chi connectivity index (χ1v) is 6.08. The summed E-state index contributed by atoms with van der Waals surface area (Å²) in [5.41, 5.74) is 0.851. The molecule has 1 aromatic heterocycles. The first kappa shape index (κ1) is 11.8. The molecule has 1 saturated heterocycles. The zero-order valence-corrected chi connectivity index (χ0v) is 10.2. The molecule has 1 unspecified atom stereocenters. The van der Waals surface area contributed by atoms with Crippen LogP contribution in [-0.2, 0) is 10.6 Å². The first-order valence-electron chi connectivity index (χ1n) is 5.55. The lowest BCUT2D eigenvalue weighted by atomic mass is 10.2. The molecule has 1 atom stereocenters. The lowest BCUT2D eigenvalue weighted by Crippen LogP contribution is -2.38. The van der Waals surface area contributed by atoms with Gasteiger partial charge in [-0.2, -0.15) is 0 Å². The summed E-state index contributed by atoms with van der Waals surface area (Å²) in [4.78, 5) is 11.0. The van der Waals surface area contributed by atoms with Crippen molar-refractivity contribution in [1.29, 1.82) is 0 Å². The van der Waals surface area contributed by atoms with Crippen molar-refractivity contribution in [2.24, 2.45) is 0 Å². The molecule has 0 saturated carbocycles. The molecule has 1 aliphatic heterocycles. The van der Waals surface area contributed by atoms with Gasteiger partial charge in [-0.3, -0.25) is 4.90 Å². The minimum absolute atomic E-state index is 0.0168. The molecule has 0 aliphatic carbocycles. The van der Waals surface area contributed by atoms with Gasteiger partial charge < -0.3 is 4.74 Å². The van der Waals surface area contributed by atoms with E-state index in [1.54, 1.807) is 6.20 Å². The van der Waals surface area contributed by atoms with Gasteiger partial charge in [0.25, 0.3) is 0 Å². The number of nitrogens with zero attached hydrogens (tertiary/aromatic N) is 3. The van der Waals surface area contributed by atoms with E-state index in [-0.39, 0.29) is 6.10 Å². The number of hydrogen-bond donors (Lipinski definition) is 0. The van der Waals surface area contributed by atoms with Gasteiger partial charge in [-0.05, 0) is 12.6 Å². The standard InChI is InChI=1S/C11H16ClN3O/c1-2-15-5-6-16-10(8-15)11-13-4-3-9(7-12)14-11/h3-4,10H,2,5-8H2,1H3. The smallest absolute Gasteiger partial charge is 0.158 e. The van der Waals surface area contributed by atoms with E-state index in [1.165, 1.54) is 0 Å². The van der Waals surface area contributed by atoms with Gasteiger partial charge in [0.15, 0.2) is 5.82 Å². The lowest BCUT2D eigenvalue weighted by Gasteiger charge is -2.31.